The lowest BCUT2D eigenvalue weighted by molar-refractivity contribution is -0.140. The maximum absolute atomic E-state index is 11.7. The van der Waals surface area contributed by atoms with E-state index in [0.29, 0.717) is 13.2 Å². The van der Waals surface area contributed by atoms with Crippen LogP contribution in [0.3, 0.4) is 0 Å². The zero-order valence-electron chi connectivity index (χ0n) is 10.3. The first kappa shape index (κ1) is 15.7. The number of aliphatic hydroxyl groups excluding tert-OH is 1. The summed E-state index contributed by atoms with van der Waals surface area (Å²) in [6.45, 7) is 3.70. The number of aliphatic hydroxyl groups is 1. The summed E-state index contributed by atoms with van der Waals surface area (Å²) in [4.78, 5) is 23.8. The third-order valence-electron chi connectivity index (χ3n) is 2.20. The van der Waals surface area contributed by atoms with E-state index in [9.17, 15) is 9.59 Å². The Labute approximate surface area is 100 Å². The molecule has 0 fully saturated rings. The van der Waals surface area contributed by atoms with E-state index in [-0.39, 0.29) is 6.04 Å². The lowest BCUT2D eigenvalue weighted by Crippen LogP contribution is -2.52. The van der Waals surface area contributed by atoms with Crippen LogP contribution < -0.4 is 5.32 Å². The molecule has 0 bridgehead atoms. The van der Waals surface area contributed by atoms with Gasteiger partial charge in [-0.05, 0) is 13.8 Å². The maximum Gasteiger partial charge on any atom is 0.328 e. The second-order valence-corrected chi connectivity index (χ2v) is 3.80. The standard InChI is InChI=1S/C10H20N2O5/c1-7(2)12(4-5-17-3)10(16)11-8(6-13)9(14)15/h7-8,13H,4-6H2,1-3H3,(H,11,16)(H,14,15). The van der Waals surface area contributed by atoms with Gasteiger partial charge >= 0.3 is 12.0 Å². The SMILES string of the molecule is COCCN(C(=O)NC(CO)C(=O)O)C(C)C. The molecule has 17 heavy (non-hydrogen) atoms. The van der Waals surface area contributed by atoms with Crippen molar-refractivity contribution in [1.82, 2.24) is 10.2 Å². The lowest BCUT2D eigenvalue weighted by atomic mass is 10.3. The Morgan fingerprint density at radius 3 is 2.35 bits per heavy atom. The van der Waals surface area contributed by atoms with Crippen molar-refractivity contribution in [3.63, 3.8) is 0 Å². The first-order valence-electron chi connectivity index (χ1n) is 5.33. The molecule has 0 rings (SSSR count). The smallest absolute Gasteiger partial charge is 0.328 e. The number of carboxylic acids is 1. The zero-order chi connectivity index (χ0) is 13.4. The van der Waals surface area contributed by atoms with Crippen LogP contribution in [0.15, 0.2) is 0 Å². The Bertz CT molecular complexity index is 257. The Kier molecular flexibility index (Phi) is 7.24. The predicted octanol–water partition coefficient (Wildman–Crippen LogP) is -0.502. The molecule has 7 heteroatoms. The van der Waals surface area contributed by atoms with Crippen molar-refractivity contribution < 1.29 is 24.5 Å². The number of nitrogens with zero attached hydrogens (tertiary/aromatic N) is 1. The molecule has 0 aliphatic heterocycles. The second kappa shape index (κ2) is 7.86. The van der Waals surface area contributed by atoms with Gasteiger partial charge in [-0.15, -0.1) is 0 Å². The third-order valence-corrected chi connectivity index (χ3v) is 2.20. The predicted molar refractivity (Wildman–Crippen MR) is 60.8 cm³/mol. The molecule has 7 nitrogen and oxygen atoms in total. The number of urea groups is 1. The number of hydrogen-bond donors (Lipinski definition) is 3. The van der Waals surface area contributed by atoms with Gasteiger partial charge in [-0.25, -0.2) is 9.59 Å². The number of nitrogens with one attached hydrogen (secondary N) is 1. The van der Waals surface area contributed by atoms with Crippen molar-refractivity contribution in [2.75, 3.05) is 26.9 Å². The summed E-state index contributed by atoms with van der Waals surface area (Å²) in [5.41, 5.74) is 0. The van der Waals surface area contributed by atoms with Crippen molar-refractivity contribution in [1.29, 1.82) is 0 Å². The van der Waals surface area contributed by atoms with Crippen LogP contribution in [0, 0.1) is 0 Å². The first-order valence-corrected chi connectivity index (χ1v) is 5.33. The van der Waals surface area contributed by atoms with E-state index in [4.69, 9.17) is 14.9 Å². The van der Waals surface area contributed by atoms with Crippen molar-refractivity contribution in [2.24, 2.45) is 0 Å². The molecule has 0 aromatic heterocycles. The fraction of sp³-hybridized carbons (Fsp3) is 0.800. The molecule has 1 atom stereocenters. The number of aliphatic carboxylic acids is 1. The van der Waals surface area contributed by atoms with Gasteiger partial charge in [0.15, 0.2) is 6.04 Å². The van der Waals surface area contributed by atoms with Crippen LogP contribution in [0.1, 0.15) is 13.8 Å². The zero-order valence-corrected chi connectivity index (χ0v) is 10.3. The number of hydrogen-bond acceptors (Lipinski definition) is 4. The molecule has 0 aromatic carbocycles. The lowest BCUT2D eigenvalue weighted by Gasteiger charge is -2.27. The quantitative estimate of drug-likeness (QED) is 0.564. The van der Waals surface area contributed by atoms with E-state index < -0.39 is 24.6 Å². The fourth-order valence-corrected chi connectivity index (χ4v) is 1.20. The van der Waals surface area contributed by atoms with Gasteiger partial charge < -0.3 is 25.2 Å². The normalized spacial score (nSPS) is 12.3. The van der Waals surface area contributed by atoms with Crippen molar-refractivity contribution in [2.45, 2.75) is 25.9 Å². The molecule has 1 unspecified atom stereocenters. The summed E-state index contributed by atoms with van der Waals surface area (Å²) in [6.07, 6.45) is 0. The highest BCUT2D eigenvalue weighted by molar-refractivity contribution is 5.82. The van der Waals surface area contributed by atoms with Crippen LogP contribution in [0.25, 0.3) is 0 Å². The first-order chi connectivity index (χ1) is 7.93. The molecule has 0 aromatic rings. The summed E-state index contributed by atoms with van der Waals surface area (Å²) in [6, 6.07) is -1.90. The van der Waals surface area contributed by atoms with Gasteiger partial charge in [0.2, 0.25) is 0 Å². The number of carbonyl (C=O) groups is 2. The molecule has 0 aliphatic carbocycles. The van der Waals surface area contributed by atoms with E-state index in [1.54, 1.807) is 0 Å². The minimum absolute atomic E-state index is 0.0849. The van der Waals surface area contributed by atoms with Crippen LogP contribution in [-0.4, -0.2) is 66.1 Å². The molecule has 0 saturated heterocycles. The fourth-order valence-electron chi connectivity index (χ4n) is 1.20. The van der Waals surface area contributed by atoms with Gasteiger partial charge in [0.25, 0.3) is 0 Å². The minimum Gasteiger partial charge on any atom is -0.480 e. The molecule has 3 N–H and O–H groups in total. The summed E-state index contributed by atoms with van der Waals surface area (Å²) in [5.74, 6) is -1.27. The summed E-state index contributed by atoms with van der Waals surface area (Å²) >= 11 is 0. The van der Waals surface area contributed by atoms with Gasteiger partial charge in [-0.2, -0.15) is 0 Å². The highest BCUT2D eigenvalue weighted by Crippen LogP contribution is 1.99. The Morgan fingerprint density at radius 1 is 1.41 bits per heavy atom. The molecule has 0 heterocycles. The number of carbonyl (C=O) groups excluding carboxylic acids is 1. The van der Waals surface area contributed by atoms with Gasteiger partial charge in [0, 0.05) is 19.7 Å². The van der Waals surface area contributed by atoms with Crippen LogP contribution in [0.2, 0.25) is 0 Å². The third kappa shape index (κ3) is 5.50. The van der Waals surface area contributed by atoms with Crippen molar-refractivity contribution >= 4 is 12.0 Å². The molecular formula is C10H20N2O5. The number of methoxy groups -OCH3 is 1. The van der Waals surface area contributed by atoms with E-state index in [2.05, 4.69) is 5.32 Å². The molecule has 2 amide bonds. The van der Waals surface area contributed by atoms with E-state index in [0.717, 1.165) is 0 Å². The maximum atomic E-state index is 11.7. The molecule has 100 valence electrons. The van der Waals surface area contributed by atoms with Crippen LogP contribution in [-0.2, 0) is 9.53 Å². The monoisotopic (exact) mass is 248 g/mol. The minimum atomic E-state index is -1.29. The van der Waals surface area contributed by atoms with Crippen LogP contribution >= 0.6 is 0 Å². The number of rotatable bonds is 7. The molecular weight excluding hydrogens is 228 g/mol. The molecule has 0 aliphatic rings. The van der Waals surface area contributed by atoms with Gasteiger partial charge in [-0.1, -0.05) is 0 Å². The summed E-state index contributed by atoms with van der Waals surface area (Å²) in [7, 11) is 1.52. The summed E-state index contributed by atoms with van der Waals surface area (Å²) in [5, 5.41) is 19.7. The van der Waals surface area contributed by atoms with Crippen molar-refractivity contribution in [3.8, 4) is 0 Å². The van der Waals surface area contributed by atoms with Crippen LogP contribution in [0.4, 0.5) is 4.79 Å². The Balaban J connectivity index is 4.45. The van der Waals surface area contributed by atoms with E-state index >= 15 is 0 Å². The average molecular weight is 248 g/mol. The second-order valence-electron chi connectivity index (χ2n) is 3.80. The van der Waals surface area contributed by atoms with E-state index in [1.807, 2.05) is 13.8 Å². The van der Waals surface area contributed by atoms with Gasteiger partial charge in [0.05, 0.1) is 13.2 Å². The molecule has 0 radical (unpaired) electrons. The number of carboxylic acid groups (broad SMARTS) is 1. The topological polar surface area (TPSA) is 99.1 Å². The van der Waals surface area contributed by atoms with Crippen LogP contribution in [0.5, 0.6) is 0 Å². The highest BCUT2D eigenvalue weighted by atomic mass is 16.5. The Hall–Kier alpha value is -1.34. The largest absolute Gasteiger partial charge is 0.480 e. The number of amides is 2. The Morgan fingerprint density at radius 2 is 2.00 bits per heavy atom. The average Bonchev–Trinajstić information content (AvgIpc) is 2.25. The molecule has 0 spiro atoms. The van der Waals surface area contributed by atoms with Gasteiger partial charge in [-0.3, -0.25) is 0 Å². The highest BCUT2D eigenvalue weighted by Gasteiger charge is 2.23. The van der Waals surface area contributed by atoms with Crippen molar-refractivity contribution in [3.05, 3.63) is 0 Å². The summed E-state index contributed by atoms with van der Waals surface area (Å²) < 4.78 is 4.86. The van der Waals surface area contributed by atoms with Gasteiger partial charge in [0.1, 0.15) is 0 Å². The molecule has 0 saturated carbocycles. The number of ether oxygens (including phenoxy) is 1. The van der Waals surface area contributed by atoms with E-state index in [1.165, 1.54) is 12.0 Å².